The number of nitrogens with one attached hydrogen (secondary N) is 1. The van der Waals surface area contributed by atoms with E-state index in [1.807, 2.05) is 32.0 Å². The fourth-order valence-corrected chi connectivity index (χ4v) is 4.34. The standard InChI is InChI=1S/C23H26N6O3/c1-12(2)29-21(24)19(22(25)31)20(27-29)14-5-3-13(4-6-14)7-17(30)26-18-8-16(28-32-18)11-23-9-15(23)10-23/h3-6,8,12,15H,7,9-11,24H2,1-2H3,(H2,25,31)(H,26,30). The zero-order valence-corrected chi connectivity index (χ0v) is 18.1. The molecular formula is C23H26N6O3. The van der Waals surface area contributed by atoms with Gasteiger partial charge in [-0.1, -0.05) is 29.4 Å². The molecule has 32 heavy (non-hydrogen) atoms. The van der Waals surface area contributed by atoms with Gasteiger partial charge in [0.25, 0.3) is 5.91 Å². The van der Waals surface area contributed by atoms with Gasteiger partial charge in [0.05, 0.1) is 12.1 Å². The summed E-state index contributed by atoms with van der Waals surface area (Å²) in [4.78, 5) is 24.4. The topological polar surface area (TPSA) is 142 Å². The van der Waals surface area contributed by atoms with Crippen LogP contribution in [-0.4, -0.2) is 26.8 Å². The summed E-state index contributed by atoms with van der Waals surface area (Å²) in [5.41, 5.74) is 15.2. The SMILES string of the molecule is CC(C)n1nc(-c2ccc(CC(=O)Nc3cc(CC45CC4C5)no3)cc2)c(C(N)=O)c1N. The van der Waals surface area contributed by atoms with Crippen molar-refractivity contribution in [1.82, 2.24) is 14.9 Å². The first-order chi connectivity index (χ1) is 15.3. The lowest BCUT2D eigenvalue weighted by molar-refractivity contribution is -0.115. The minimum atomic E-state index is -0.627. The third-order valence-corrected chi connectivity index (χ3v) is 6.48. The average Bonchev–Trinajstić information content (AvgIpc) is 3.44. The number of carbonyl (C=O) groups excluding carboxylic acids is 2. The summed E-state index contributed by atoms with van der Waals surface area (Å²) in [6.07, 6.45) is 3.70. The molecule has 0 aliphatic heterocycles. The predicted octanol–water partition coefficient (Wildman–Crippen LogP) is 2.93. The number of carbonyl (C=O) groups is 2. The van der Waals surface area contributed by atoms with Crippen molar-refractivity contribution < 1.29 is 14.1 Å². The van der Waals surface area contributed by atoms with Crippen LogP contribution < -0.4 is 16.8 Å². The summed E-state index contributed by atoms with van der Waals surface area (Å²) in [5, 5.41) is 11.3. The maximum atomic E-state index is 12.4. The van der Waals surface area contributed by atoms with Gasteiger partial charge in [0.15, 0.2) is 0 Å². The zero-order chi connectivity index (χ0) is 22.6. The second kappa shape index (κ2) is 7.22. The Morgan fingerprint density at radius 1 is 1.28 bits per heavy atom. The van der Waals surface area contributed by atoms with Crippen LogP contribution in [0, 0.1) is 11.3 Å². The van der Waals surface area contributed by atoms with Crippen LogP contribution in [0.4, 0.5) is 11.7 Å². The molecule has 0 unspecified atom stereocenters. The van der Waals surface area contributed by atoms with Crippen molar-refractivity contribution in [3.63, 3.8) is 0 Å². The molecule has 0 radical (unpaired) electrons. The maximum absolute atomic E-state index is 12.4. The van der Waals surface area contributed by atoms with Crippen LogP contribution in [0.15, 0.2) is 34.9 Å². The van der Waals surface area contributed by atoms with E-state index in [4.69, 9.17) is 16.0 Å². The molecule has 0 spiro atoms. The van der Waals surface area contributed by atoms with Crippen LogP contribution in [0.5, 0.6) is 0 Å². The lowest BCUT2D eigenvalue weighted by atomic mass is 10.0. The quantitative estimate of drug-likeness (QED) is 0.497. The Bertz CT molecular complexity index is 1200. The lowest BCUT2D eigenvalue weighted by Gasteiger charge is -2.07. The van der Waals surface area contributed by atoms with Crippen LogP contribution >= 0.6 is 0 Å². The number of primary amides is 1. The summed E-state index contributed by atoms with van der Waals surface area (Å²) in [5.74, 6) is 0.681. The number of aromatic nitrogens is 3. The van der Waals surface area contributed by atoms with Crippen molar-refractivity contribution in [3.05, 3.63) is 47.2 Å². The van der Waals surface area contributed by atoms with E-state index in [0.29, 0.717) is 22.6 Å². The number of hydrogen-bond acceptors (Lipinski definition) is 6. The number of nitrogens with two attached hydrogens (primary N) is 2. The number of rotatable bonds is 8. The van der Waals surface area contributed by atoms with E-state index in [9.17, 15) is 9.59 Å². The van der Waals surface area contributed by atoms with E-state index >= 15 is 0 Å². The second-order valence-corrected chi connectivity index (χ2v) is 9.26. The Hall–Kier alpha value is -3.62. The van der Waals surface area contributed by atoms with Gasteiger partial charge >= 0.3 is 0 Å². The first-order valence-electron chi connectivity index (χ1n) is 10.8. The van der Waals surface area contributed by atoms with Crippen LogP contribution in [-0.2, 0) is 17.6 Å². The van der Waals surface area contributed by atoms with Gasteiger partial charge in [0, 0.05) is 17.7 Å². The van der Waals surface area contributed by atoms with Gasteiger partial charge in [0.1, 0.15) is 17.1 Å². The Kier molecular flexibility index (Phi) is 4.58. The van der Waals surface area contributed by atoms with Gasteiger partial charge in [-0.05, 0) is 50.0 Å². The smallest absolute Gasteiger partial charge is 0.254 e. The number of fused-ring (bicyclic) bond motifs is 1. The van der Waals surface area contributed by atoms with Crippen molar-refractivity contribution in [2.45, 2.75) is 45.6 Å². The molecule has 5 N–H and O–H groups in total. The van der Waals surface area contributed by atoms with Gasteiger partial charge in [-0.25, -0.2) is 4.68 Å². The van der Waals surface area contributed by atoms with Gasteiger partial charge in [-0.15, -0.1) is 0 Å². The molecule has 0 atom stereocenters. The van der Waals surface area contributed by atoms with E-state index in [1.54, 1.807) is 16.8 Å². The third kappa shape index (κ3) is 3.63. The van der Waals surface area contributed by atoms with Crippen molar-refractivity contribution in [3.8, 4) is 11.3 Å². The van der Waals surface area contributed by atoms with Crippen LogP contribution in [0.2, 0.25) is 0 Å². The maximum Gasteiger partial charge on any atom is 0.254 e. The van der Waals surface area contributed by atoms with E-state index < -0.39 is 5.91 Å². The van der Waals surface area contributed by atoms with E-state index in [2.05, 4.69) is 15.6 Å². The van der Waals surface area contributed by atoms with Crippen molar-refractivity contribution in [1.29, 1.82) is 0 Å². The molecular weight excluding hydrogens is 408 g/mol. The van der Waals surface area contributed by atoms with Crippen molar-refractivity contribution in [2.24, 2.45) is 17.1 Å². The Morgan fingerprint density at radius 3 is 2.56 bits per heavy atom. The Labute approximate surface area is 185 Å². The predicted molar refractivity (Wildman–Crippen MR) is 119 cm³/mol. The van der Waals surface area contributed by atoms with Gasteiger partial charge < -0.3 is 16.0 Å². The molecule has 2 aliphatic carbocycles. The van der Waals surface area contributed by atoms with E-state index in [1.165, 1.54) is 12.8 Å². The lowest BCUT2D eigenvalue weighted by Crippen LogP contribution is -2.15. The third-order valence-electron chi connectivity index (χ3n) is 6.48. The average molecular weight is 435 g/mol. The van der Waals surface area contributed by atoms with E-state index in [0.717, 1.165) is 23.6 Å². The highest BCUT2D eigenvalue weighted by Gasteiger charge is 2.69. The highest BCUT2D eigenvalue weighted by molar-refractivity contribution is 6.03. The molecule has 2 amide bonds. The number of nitrogen functional groups attached to an aromatic ring is 1. The molecule has 0 bridgehead atoms. The number of benzene rings is 1. The fourth-order valence-electron chi connectivity index (χ4n) is 4.34. The largest absolute Gasteiger partial charge is 0.383 e. The number of hydrogen-bond donors (Lipinski definition) is 3. The molecule has 166 valence electrons. The summed E-state index contributed by atoms with van der Waals surface area (Å²) >= 11 is 0. The summed E-state index contributed by atoms with van der Waals surface area (Å²) in [7, 11) is 0. The molecule has 2 saturated carbocycles. The van der Waals surface area contributed by atoms with Gasteiger partial charge in [-0.2, -0.15) is 5.10 Å². The number of amides is 2. The molecule has 5 rings (SSSR count). The number of anilines is 2. The van der Waals surface area contributed by atoms with Gasteiger partial charge in [-0.3, -0.25) is 14.9 Å². The fraction of sp³-hybridized carbons (Fsp3) is 0.391. The molecule has 3 aromatic rings. The molecule has 2 fully saturated rings. The molecule has 9 nitrogen and oxygen atoms in total. The highest BCUT2D eigenvalue weighted by atomic mass is 16.5. The molecule has 0 saturated heterocycles. The van der Waals surface area contributed by atoms with Crippen LogP contribution in [0.1, 0.15) is 54.3 Å². The van der Waals surface area contributed by atoms with Gasteiger partial charge in [0.2, 0.25) is 11.8 Å². The Balaban J connectivity index is 1.25. The molecule has 9 heteroatoms. The second-order valence-electron chi connectivity index (χ2n) is 9.26. The van der Waals surface area contributed by atoms with E-state index in [-0.39, 0.29) is 29.8 Å². The highest BCUT2D eigenvalue weighted by Crippen LogP contribution is 2.76. The minimum absolute atomic E-state index is 0.0175. The normalized spacial score (nSPS) is 20.8. The number of nitrogens with zero attached hydrogens (tertiary/aromatic N) is 3. The monoisotopic (exact) mass is 434 g/mol. The van der Waals surface area contributed by atoms with Crippen molar-refractivity contribution in [2.75, 3.05) is 11.1 Å². The summed E-state index contributed by atoms with van der Waals surface area (Å²) in [6, 6.07) is 9.02. The first kappa shape index (κ1) is 20.3. The molecule has 2 aromatic heterocycles. The zero-order valence-electron chi connectivity index (χ0n) is 18.1. The van der Waals surface area contributed by atoms with Crippen molar-refractivity contribution >= 4 is 23.5 Å². The molecule has 1 aromatic carbocycles. The molecule has 2 aliphatic rings. The minimum Gasteiger partial charge on any atom is -0.383 e. The van der Waals surface area contributed by atoms with Crippen LogP contribution in [0.3, 0.4) is 0 Å². The summed E-state index contributed by atoms with van der Waals surface area (Å²) in [6.45, 7) is 3.84. The van der Waals surface area contributed by atoms with Crippen LogP contribution in [0.25, 0.3) is 11.3 Å². The Morgan fingerprint density at radius 2 is 1.97 bits per heavy atom. The summed E-state index contributed by atoms with van der Waals surface area (Å²) < 4.78 is 6.84. The first-order valence-corrected chi connectivity index (χ1v) is 10.8. The molecule has 2 heterocycles.